The van der Waals surface area contributed by atoms with Crippen molar-refractivity contribution in [1.82, 2.24) is 4.31 Å². The van der Waals surface area contributed by atoms with Crippen molar-refractivity contribution in [3.8, 4) is 0 Å². The molecule has 5 nitrogen and oxygen atoms in total. The van der Waals surface area contributed by atoms with Crippen LogP contribution in [0, 0.1) is 0 Å². The fraction of sp³-hybridized carbons (Fsp3) is 0.105. The predicted octanol–water partition coefficient (Wildman–Crippen LogP) is 3.23. The Morgan fingerprint density at radius 2 is 1.72 bits per heavy atom. The number of nitrogens with zero attached hydrogens (tertiary/aromatic N) is 1. The van der Waals surface area contributed by atoms with Crippen molar-refractivity contribution >= 4 is 32.4 Å². The number of benzene rings is 3. The van der Waals surface area contributed by atoms with Crippen molar-refractivity contribution < 1.29 is 13.2 Å². The zero-order valence-electron chi connectivity index (χ0n) is 13.6. The summed E-state index contributed by atoms with van der Waals surface area (Å²) in [6.07, 6.45) is 0. The zero-order valence-corrected chi connectivity index (χ0v) is 14.4. The zero-order chi connectivity index (χ0) is 17.6. The fourth-order valence-corrected chi connectivity index (χ4v) is 4.52. The van der Waals surface area contributed by atoms with Crippen molar-refractivity contribution in [1.29, 1.82) is 0 Å². The first-order chi connectivity index (χ1) is 12.0. The van der Waals surface area contributed by atoms with E-state index >= 15 is 0 Å². The van der Waals surface area contributed by atoms with Crippen LogP contribution in [0.5, 0.6) is 0 Å². The van der Waals surface area contributed by atoms with Crippen LogP contribution < -0.4 is 5.32 Å². The number of amides is 1. The van der Waals surface area contributed by atoms with E-state index in [4.69, 9.17) is 0 Å². The molecule has 3 aromatic carbocycles. The molecule has 0 unspecified atom stereocenters. The van der Waals surface area contributed by atoms with Crippen LogP contribution in [-0.4, -0.2) is 25.7 Å². The smallest absolute Gasteiger partial charge is 0.256 e. The van der Waals surface area contributed by atoms with Gasteiger partial charge in [0.05, 0.1) is 4.90 Å². The van der Waals surface area contributed by atoms with Crippen molar-refractivity contribution in [2.45, 2.75) is 11.4 Å². The van der Waals surface area contributed by atoms with Crippen molar-refractivity contribution in [2.75, 3.05) is 12.4 Å². The van der Waals surface area contributed by atoms with Crippen LogP contribution in [0.2, 0.25) is 0 Å². The summed E-state index contributed by atoms with van der Waals surface area (Å²) in [5, 5.41) is 4.00. The van der Waals surface area contributed by atoms with Crippen LogP contribution in [0.1, 0.15) is 15.9 Å². The lowest BCUT2D eigenvalue weighted by atomic mass is 10.1. The van der Waals surface area contributed by atoms with E-state index in [1.807, 2.05) is 30.3 Å². The monoisotopic (exact) mass is 352 g/mol. The lowest BCUT2D eigenvalue weighted by molar-refractivity contribution is 0.103. The number of rotatable bonds is 4. The van der Waals surface area contributed by atoms with E-state index in [2.05, 4.69) is 5.32 Å². The molecule has 25 heavy (non-hydrogen) atoms. The molecular weight excluding hydrogens is 336 g/mol. The summed E-state index contributed by atoms with van der Waals surface area (Å²) >= 11 is 0. The second kappa shape index (κ2) is 5.68. The first-order valence-corrected chi connectivity index (χ1v) is 9.30. The van der Waals surface area contributed by atoms with E-state index < -0.39 is 10.0 Å². The molecule has 126 valence electrons. The molecule has 1 amide bonds. The minimum atomic E-state index is -3.69. The third-order valence-corrected chi connectivity index (χ3v) is 6.29. The van der Waals surface area contributed by atoms with Gasteiger partial charge in [-0.2, -0.15) is 4.31 Å². The minimum Gasteiger partial charge on any atom is -0.321 e. The Kier molecular flexibility index (Phi) is 3.59. The number of sulfonamides is 1. The summed E-state index contributed by atoms with van der Waals surface area (Å²) < 4.78 is 27.5. The highest BCUT2D eigenvalue weighted by molar-refractivity contribution is 7.89. The Labute approximate surface area is 145 Å². The maximum Gasteiger partial charge on any atom is 0.256 e. The second-order valence-electron chi connectivity index (χ2n) is 6.04. The van der Waals surface area contributed by atoms with Gasteiger partial charge in [-0.3, -0.25) is 4.79 Å². The van der Waals surface area contributed by atoms with Crippen LogP contribution in [0.15, 0.2) is 65.6 Å². The van der Waals surface area contributed by atoms with Crippen LogP contribution in [0.4, 0.5) is 5.69 Å². The second-order valence-corrected chi connectivity index (χ2v) is 8.05. The molecule has 0 aliphatic carbocycles. The number of nitrogens with one attached hydrogen (secondary N) is 1. The Bertz CT molecular complexity index is 1090. The molecular formula is C19H16N2O3S. The molecule has 3 aromatic rings. The van der Waals surface area contributed by atoms with Gasteiger partial charge in [-0.15, -0.1) is 0 Å². The normalized spacial score (nSPS) is 13.4. The quantitative estimate of drug-likeness (QED) is 0.784. The number of carbonyl (C=O) groups excluding carboxylic acids is 1. The van der Waals surface area contributed by atoms with Crippen LogP contribution >= 0.6 is 0 Å². The Morgan fingerprint density at radius 1 is 0.960 bits per heavy atom. The molecule has 6 heteroatoms. The SMILES string of the molecule is CN(Cc1ccccc1)S(=O)(=O)c1ccc2c3c(cccc13)C(=O)N2. The topological polar surface area (TPSA) is 66.5 Å². The van der Waals surface area contributed by atoms with E-state index in [1.165, 1.54) is 4.31 Å². The lowest BCUT2D eigenvalue weighted by Crippen LogP contribution is -2.26. The van der Waals surface area contributed by atoms with Crippen molar-refractivity contribution in [3.63, 3.8) is 0 Å². The van der Waals surface area contributed by atoms with Crippen LogP contribution in [0.25, 0.3) is 10.8 Å². The number of hydrogen-bond acceptors (Lipinski definition) is 3. The van der Waals surface area contributed by atoms with Gasteiger partial charge in [0, 0.05) is 35.6 Å². The molecule has 0 fully saturated rings. The molecule has 0 saturated heterocycles. The number of hydrogen-bond donors (Lipinski definition) is 1. The summed E-state index contributed by atoms with van der Waals surface area (Å²) in [7, 11) is -2.13. The summed E-state index contributed by atoms with van der Waals surface area (Å²) in [6.45, 7) is 0.281. The van der Waals surface area contributed by atoms with Gasteiger partial charge in [-0.1, -0.05) is 42.5 Å². The molecule has 4 rings (SSSR count). The molecule has 0 aromatic heterocycles. The van der Waals surface area contributed by atoms with Gasteiger partial charge in [-0.05, 0) is 23.8 Å². The summed E-state index contributed by atoms with van der Waals surface area (Å²) in [5.41, 5.74) is 2.08. The van der Waals surface area contributed by atoms with E-state index in [0.29, 0.717) is 22.0 Å². The maximum absolute atomic E-state index is 13.1. The molecule has 1 heterocycles. The highest BCUT2D eigenvalue weighted by Crippen LogP contribution is 2.37. The molecule has 0 saturated carbocycles. The van der Waals surface area contributed by atoms with Gasteiger partial charge in [0.1, 0.15) is 0 Å². The molecule has 1 N–H and O–H groups in total. The van der Waals surface area contributed by atoms with E-state index in [0.717, 1.165) is 5.56 Å². The maximum atomic E-state index is 13.1. The Hall–Kier alpha value is -2.70. The van der Waals surface area contributed by atoms with Crippen LogP contribution in [0.3, 0.4) is 0 Å². The number of anilines is 1. The fourth-order valence-electron chi connectivity index (χ4n) is 3.18. The first-order valence-electron chi connectivity index (χ1n) is 7.86. The summed E-state index contributed by atoms with van der Waals surface area (Å²) in [5.74, 6) is -0.201. The standard InChI is InChI=1S/C19H16N2O3S/c1-21(12-13-6-3-2-4-7-13)25(23,24)17-11-10-16-18-14(17)8-5-9-15(18)19(22)20-16/h2-11H,12H2,1H3,(H,20,22). The van der Waals surface area contributed by atoms with E-state index in [-0.39, 0.29) is 17.3 Å². The molecule has 0 bridgehead atoms. The molecule has 0 atom stereocenters. The third kappa shape index (κ3) is 2.50. The Balaban J connectivity index is 1.82. The summed E-state index contributed by atoms with van der Waals surface area (Å²) in [6, 6.07) is 17.8. The molecule has 0 spiro atoms. The average Bonchev–Trinajstić information content (AvgIpc) is 2.94. The highest BCUT2D eigenvalue weighted by Gasteiger charge is 2.28. The number of carbonyl (C=O) groups is 1. The van der Waals surface area contributed by atoms with Gasteiger partial charge < -0.3 is 5.32 Å². The molecule has 0 radical (unpaired) electrons. The van der Waals surface area contributed by atoms with Gasteiger partial charge in [0.15, 0.2) is 0 Å². The van der Waals surface area contributed by atoms with Crippen molar-refractivity contribution in [2.24, 2.45) is 0 Å². The minimum absolute atomic E-state index is 0.201. The third-order valence-electron chi connectivity index (χ3n) is 4.43. The van der Waals surface area contributed by atoms with Gasteiger partial charge in [0.2, 0.25) is 10.0 Å². The first kappa shape index (κ1) is 15.8. The van der Waals surface area contributed by atoms with E-state index in [9.17, 15) is 13.2 Å². The van der Waals surface area contributed by atoms with Gasteiger partial charge >= 0.3 is 0 Å². The van der Waals surface area contributed by atoms with E-state index in [1.54, 1.807) is 37.4 Å². The predicted molar refractivity (Wildman–Crippen MR) is 97.0 cm³/mol. The lowest BCUT2D eigenvalue weighted by Gasteiger charge is -2.19. The van der Waals surface area contributed by atoms with Crippen molar-refractivity contribution in [3.05, 3.63) is 71.8 Å². The van der Waals surface area contributed by atoms with Gasteiger partial charge in [0.25, 0.3) is 5.91 Å². The van der Waals surface area contributed by atoms with Crippen LogP contribution in [-0.2, 0) is 16.6 Å². The Morgan fingerprint density at radius 3 is 2.48 bits per heavy atom. The molecule has 1 aliphatic rings. The van der Waals surface area contributed by atoms with Gasteiger partial charge in [-0.25, -0.2) is 8.42 Å². The molecule has 1 aliphatic heterocycles. The highest BCUT2D eigenvalue weighted by atomic mass is 32.2. The largest absolute Gasteiger partial charge is 0.321 e. The average molecular weight is 352 g/mol. The summed E-state index contributed by atoms with van der Waals surface area (Å²) in [4.78, 5) is 12.2.